The number of amides is 1. The van der Waals surface area contributed by atoms with E-state index in [0.29, 0.717) is 26.1 Å². The Kier molecular flexibility index (Phi) is 8.57. The van der Waals surface area contributed by atoms with Gasteiger partial charge in [0, 0.05) is 26.1 Å². The SMILES string of the molecule is CC(C)Cn1c(CN(CC2CCCO2)C(=O)CC(C)(C)C)cnc1S(=O)(=O)Cc1ccccc1. The monoisotopic (exact) mass is 489 g/mol. The van der Waals surface area contributed by atoms with Gasteiger partial charge >= 0.3 is 0 Å². The molecule has 1 aromatic heterocycles. The number of imidazole rings is 1. The number of ether oxygens (including phenoxy) is 1. The fraction of sp³-hybridized carbons (Fsp3) is 0.615. The molecule has 8 heteroatoms. The lowest BCUT2D eigenvalue weighted by Crippen LogP contribution is -2.39. The van der Waals surface area contributed by atoms with E-state index in [1.807, 2.05) is 69.9 Å². The van der Waals surface area contributed by atoms with E-state index < -0.39 is 9.84 Å². The smallest absolute Gasteiger partial charge is 0.228 e. The standard InChI is InChI=1S/C26H39N3O4S/c1-20(2)16-29-22(15-27-25(29)34(31,32)19-21-10-7-6-8-11-21)17-28(18-23-12-9-13-33-23)24(30)14-26(3,4)5/h6-8,10-11,15,20,23H,9,12-14,16-19H2,1-5H3. The summed E-state index contributed by atoms with van der Waals surface area (Å²) >= 11 is 0. The van der Waals surface area contributed by atoms with Gasteiger partial charge in [-0.1, -0.05) is 65.0 Å². The summed E-state index contributed by atoms with van der Waals surface area (Å²) in [5.74, 6) is 0.162. The number of benzene rings is 1. The normalized spacial score (nSPS) is 16.8. The lowest BCUT2D eigenvalue weighted by atomic mass is 9.91. The number of sulfone groups is 1. The van der Waals surface area contributed by atoms with Crippen LogP contribution in [0.2, 0.25) is 0 Å². The van der Waals surface area contributed by atoms with Crippen molar-refractivity contribution in [1.82, 2.24) is 14.5 Å². The van der Waals surface area contributed by atoms with E-state index in [-0.39, 0.29) is 34.3 Å². The van der Waals surface area contributed by atoms with Crippen molar-refractivity contribution in [2.45, 2.75) is 84.0 Å². The van der Waals surface area contributed by atoms with Crippen LogP contribution < -0.4 is 0 Å². The van der Waals surface area contributed by atoms with Crippen LogP contribution in [0, 0.1) is 11.3 Å². The van der Waals surface area contributed by atoms with Crippen molar-refractivity contribution >= 4 is 15.7 Å². The number of nitrogens with zero attached hydrogens (tertiary/aromatic N) is 3. The van der Waals surface area contributed by atoms with E-state index in [1.54, 1.807) is 10.8 Å². The van der Waals surface area contributed by atoms with Crippen LogP contribution in [0.25, 0.3) is 0 Å². The highest BCUT2D eigenvalue weighted by Gasteiger charge is 2.29. The molecule has 1 aromatic carbocycles. The lowest BCUT2D eigenvalue weighted by molar-refractivity contribution is -0.135. The summed E-state index contributed by atoms with van der Waals surface area (Å²) in [6.07, 6.45) is 3.98. The molecule has 0 spiro atoms. The van der Waals surface area contributed by atoms with Gasteiger partial charge in [0.2, 0.25) is 20.9 Å². The van der Waals surface area contributed by atoms with Crippen molar-refractivity contribution in [3.05, 3.63) is 47.8 Å². The number of hydrogen-bond acceptors (Lipinski definition) is 5. The largest absolute Gasteiger partial charge is 0.376 e. The molecule has 2 heterocycles. The van der Waals surface area contributed by atoms with Gasteiger partial charge in [-0.25, -0.2) is 13.4 Å². The van der Waals surface area contributed by atoms with Crippen LogP contribution in [0.15, 0.2) is 41.7 Å². The first-order valence-electron chi connectivity index (χ1n) is 12.1. The van der Waals surface area contributed by atoms with Crippen LogP contribution in [0.1, 0.15) is 65.1 Å². The Labute approximate surface area is 204 Å². The van der Waals surface area contributed by atoms with E-state index in [0.717, 1.165) is 30.7 Å². The van der Waals surface area contributed by atoms with Crippen molar-refractivity contribution in [1.29, 1.82) is 0 Å². The molecule has 1 aliphatic heterocycles. The summed E-state index contributed by atoms with van der Waals surface area (Å²) in [5.41, 5.74) is 1.32. The Morgan fingerprint density at radius 3 is 2.53 bits per heavy atom. The van der Waals surface area contributed by atoms with Gasteiger partial charge in [0.05, 0.1) is 30.3 Å². The van der Waals surface area contributed by atoms with Gasteiger partial charge in [-0.3, -0.25) is 4.79 Å². The minimum atomic E-state index is -3.65. The highest BCUT2D eigenvalue weighted by molar-refractivity contribution is 7.90. The zero-order valence-corrected chi connectivity index (χ0v) is 22.0. The first-order chi connectivity index (χ1) is 15.9. The number of carbonyl (C=O) groups is 1. The second-order valence-electron chi connectivity index (χ2n) is 10.9. The summed E-state index contributed by atoms with van der Waals surface area (Å²) in [5, 5.41) is 0.0698. The van der Waals surface area contributed by atoms with Crippen molar-refractivity contribution in [2.24, 2.45) is 11.3 Å². The predicted octanol–water partition coefficient (Wildman–Crippen LogP) is 4.46. The van der Waals surface area contributed by atoms with Crippen molar-refractivity contribution < 1.29 is 17.9 Å². The molecule has 188 valence electrons. The molecule has 1 amide bonds. The third-order valence-electron chi connectivity index (χ3n) is 5.76. The van der Waals surface area contributed by atoms with E-state index in [2.05, 4.69) is 4.98 Å². The lowest BCUT2D eigenvalue weighted by Gasteiger charge is -2.29. The summed E-state index contributed by atoms with van der Waals surface area (Å²) in [4.78, 5) is 19.4. The molecule has 1 unspecified atom stereocenters. The fourth-order valence-corrected chi connectivity index (χ4v) is 5.74. The number of carbonyl (C=O) groups excluding carboxylic acids is 1. The van der Waals surface area contributed by atoms with Crippen molar-refractivity contribution in [3.8, 4) is 0 Å². The van der Waals surface area contributed by atoms with Crippen LogP contribution in [0.3, 0.4) is 0 Å². The molecule has 1 aliphatic rings. The summed E-state index contributed by atoms with van der Waals surface area (Å²) in [7, 11) is -3.65. The molecule has 0 N–H and O–H groups in total. The molecule has 0 saturated carbocycles. The van der Waals surface area contributed by atoms with Gasteiger partial charge in [0.1, 0.15) is 0 Å². The number of rotatable bonds is 10. The molecule has 1 fully saturated rings. The predicted molar refractivity (Wildman–Crippen MR) is 133 cm³/mol. The highest BCUT2D eigenvalue weighted by atomic mass is 32.2. The van der Waals surface area contributed by atoms with Crippen LogP contribution in [-0.4, -0.2) is 48.0 Å². The molecular formula is C26H39N3O4S. The van der Waals surface area contributed by atoms with Gasteiger partial charge < -0.3 is 14.2 Å². The molecule has 3 rings (SSSR count). The minimum Gasteiger partial charge on any atom is -0.376 e. The number of aromatic nitrogens is 2. The summed E-state index contributed by atoms with van der Waals surface area (Å²) in [6.45, 7) is 12.3. The Morgan fingerprint density at radius 1 is 1.24 bits per heavy atom. The van der Waals surface area contributed by atoms with Crippen LogP contribution in [-0.2, 0) is 38.2 Å². The minimum absolute atomic E-state index is 0.0201. The van der Waals surface area contributed by atoms with Crippen LogP contribution >= 0.6 is 0 Å². The average molecular weight is 490 g/mol. The Hall–Kier alpha value is -2.19. The number of hydrogen-bond donors (Lipinski definition) is 0. The Balaban J connectivity index is 1.91. The first-order valence-corrected chi connectivity index (χ1v) is 13.8. The zero-order chi connectivity index (χ0) is 24.9. The maximum atomic E-state index is 13.3. The highest BCUT2D eigenvalue weighted by Crippen LogP contribution is 2.24. The molecule has 0 bridgehead atoms. The van der Waals surface area contributed by atoms with Crippen molar-refractivity contribution in [3.63, 3.8) is 0 Å². The van der Waals surface area contributed by atoms with Crippen molar-refractivity contribution in [2.75, 3.05) is 13.2 Å². The first kappa shape index (κ1) is 26.4. The van der Waals surface area contributed by atoms with Gasteiger partial charge in [0.25, 0.3) is 0 Å². The second-order valence-corrected chi connectivity index (χ2v) is 12.8. The molecule has 0 radical (unpaired) electrons. The van der Waals surface area contributed by atoms with Crippen LogP contribution in [0.5, 0.6) is 0 Å². The van der Waals surface area contributed by atoms with Gasteiger partial charge in [-0.15, -0.1) is 0 Å². The molecule has 34 heavy (non-hydrogen) atoms. The zero-order valence-electron chi connectivity index (χ0n) is 21.2. The summed E-state index contributed by atoms with van der Waals surface area (Å²) in [6, 6.07) is 9.15. The quantitative estimate of drug-likeness (QED) is 0.492. The van der Waals surface area contributed by atoms with Gasteiger partial charge in [0.15, 0.2) is 0 Å². The van der Waals surface area contributed by atoms with Gasteiger partial charge in [-0.2, -0.15) is 0 Å². The van der Waals surface area contributed by atoms with Crippen LogP contribution in [0.4, 0.5) is 0 Å². The topological polar surface area (TPSA) is 81.5 Å². The maximum absolute atomic E-state index is 13.3. The molecule has 1 saturated heterocycles. The second kappa shape index (κ2) is 11.0. The molecule has 2 aromatic rings. The summed E-state index contributed by atoms with van der Waals surface area (Å²) < 4.78 is 34.2. The molecule has 1 atom stereocenters. The third kappa shape index (κ3) is 7.40. The molecular weight excluding hydrogens is 450 g/mol. The molecule has 7 nitrogen and oxygen atoms in total. The van der Waals surface area contributed by atoms with E-state index in [9.17, 15) is 13.2 Å². The van der Waals surface area contributed by atoms with E-state index >= 15 is 0 Å². The van der Waals surface area contributed by atoms with E-state index in [1.165, 1.54) is 0 Å². The average Bonchev–Trinajstić information content (AvgIpc) is 3.37. The van der Waals surface area contributed by atoms with Gasteiger partial charge in [-0.05, 0) is 29.7 Å². The van der Waals surface area contributed by atoms with E-state index in [4.69, 9.17) is 4.74 Å². The fourth-order valence-electron chi connectivity index (χ4n) is 4.23. The Bertz CT molecular complexity index is 1050. The molecule has 0 aliphatic carbocycles. The third-order valence-corrected chi connectivity index (χ3v) is 7.36. The Morgan fingerprint density at radius 2 is 1.94 bits per heavy atom. The maximum Gasteiger partial charge on any atom is 0.228 e.